The van der Waals surface area contributed by atoms with Crippen LogP contribution < -0.4 is 0 Å². The molecule has 0 aromatic heterocycles. The molecule has 0 saturated carbocycles. The molecule has 0 radical (unpaired) electrons. The maximum absolute atomic E-state index is 11.3. The zero-order chi connectivity index (χ0) is 9.42. The summed E-state index contributed by atoms with van der Waals surface area (Å²) in [5.41, 5.74) is 3.96. The van der Waals surface area contributed by atoms with Gasteiger partial charge in [0.05, 0.1) is 6.54 Å². The molecule has 1 amide bonds. The smallest absolute Gasteiger partial charge is 0.265 e. The Labute approximate surface area is 76.5 Å². The van der Waals surface area contributed by atoms with Crippen LogP contribution in [0.4, 0.5) is 0 Å². The van der Waals surface area contributed by atoms with Gasteiger partial charge in [-0.3, -0.25) is 4.79 Å². The molecule has 1 aliphatic heterocycles. The van der Waals surface area contributed by atoms with E-state index in [0.717, 1.165) is 16.7 Å². The van der Waals surface area contributed by atoms with Crippen molar-refractivity contribution in [3.63, 3.8) is 0 Å². The summed E-state index contributed by atoms with van der Waals surface area (Å²) in [5, 5.41) is 7.30. The van der Waals surface area contributed by atoms with Crippen LogP contribution in [0.2, 0.25) is 0 Å². The second kappa shape index (κ2) is 2.76. The quantitative estimate of drug-likeness (QED) is 0.595. The number of rotatable bonds is 0. The fourth-order valence-corrected chi connectivity index (χ4v) is 1.62. The summed E-state index contributed by atoms with van der Waals surface area (Å²) in [4.78, 5) is 11.3. The number of aryl methyl sites for hydroxylation is 2. The van der Waals surface area contributed by atoms with E-state index in [-0.39, 0.29) is 5.91 Å². The average Bonchev–Trinajstić information content (AvgIpc) is 2.07. The van der Waals surface area contributed by atoms with Gasteiger partial charge in [-0.25, -0.2) is 0 Å². The van der Waals surface area contributed by atoms with Gasteiger partial charge in [0.2, 0.25) is 0 Å². The molecule has 1 aliphatic rings. The van der Waals surface area contributed by atoms with Crippen molar-refractivity contribution in [2.75, 3.05) is 0 Å². The van der Waals surface area contributed by atoms with Crippen molar-refractivity contribution in [3.8, 4) is 0 Å². The van der Waals surface area contributed by atoms with E-state index in [1.807, 2.05) is 19.9 Å². The lowest BCUT2D eigenvalue weighted by Crippen LogP contribution is -2.07. The van der Waals surface area contributed by atoms with Crippen LogP contribution in [0, 0.1) is 13.8 Å². The highest BCUT2D eigenvalue weighted by Crippen LogP contribution is 2.22. The molecular formula is C10H10N2O. The molecule has 0 saturated heterocycles. The highest BCUT2D eigenvalue weighted by molar-refractivity contribution is 5.97. The van der Waals surface area contributed by atoms with Gasteiger partial charge in [0.25, 0.3) is 5.91 Å². The Morgan fingerprint density at radius 1 is 1.31 bits per heavy atom. The third-order valence-electron chi connectivity index (χ3n) is 2.24. The Balaban J connectivity index is 2.67. The predicted octanol–water partition coefficient (Wildman–Crippen LogP) is 2.41. The summed E-state index contributed by atoms with van der Waals surface area (Å²) in [6, 6.07) is 3.94. The third kappa shape index (κ3) is 1.26. The summed E-state index contributed by atoms with van der Waals surface area (Å²) in [5.74, 6) is -0.215. The monoisotopic (exact) mass is 174 g/mol. The van der Waals surface area contributed by atoms with Gasteiger partial charge in [-0.2, -0.15) is 5.11 Å². The second-order valence-corrected chi connectivity index (χ2v) is 3.31. The van der Waals surface area contributed by atoms with Crippen LogP contribution in [0.25, 0.3) is 0 Å². The van der Waals surface area contributed by atoms with Gasteiger partial charge in [-0.05, 0) is 31.0 Å². The first-order valence-corrected chi connectivity index (χ1v) is 4.20. The maximum Gasteiger partial charge on any atom is 0.295 e. The van der Waals surface area contributed by atoms with Crippen molar-refractivity contribution in [2.24, 2.45) is 10.2 Å². The molecule has 0 spiro atoms. The zero-order valence-electron chi connectivity index (χ0n) is 7.66. The number of carbonyl (C=O) groups is 1. The summed E-state index contributed by atoms with van der Waals surface area (Å²) in [6.07, 6.45) is 0. The van der Waals surface area contributed by atoms with E-state index >= 15 is 0 Å². The molecule has 3 heteroatoms. The van der Waals surface area contributed by atoms with E-state index in [9.17, 15) is 4.79 Å². The summed E-state index contributed by atoms with van der Waals surface area (Å²) < 4.78 is 0. The minimum absolute atomic E-state index is 0.215. The van der Waals surface area contributed by atoms with Gasteiger partial charge in [-0.1, -0.05) is 11.6 Å². The van der Waals surface area contributed by atoms with Gasteiger partial charge >= 0.3 is 0 Å². The van der Waals surface area contributed by atoms with Crippen molar-refractivity contribution in [1.82, 2.24) is 0 Å². The molecule has 1 aromatic rings. The largest absolute Gasteiger partial charge is 0.295 e. The number of amides is 1. The number of benzene rings is 1. The van der Waals surface area contributed by atoms with Gasteiger partial charge in [-0.15, -0.1) is 5.11 Å². The van der Waals surface area contributed by atoms with Gasteiger partial charge in [0, 0.05) is 5.56 Å². The lowest BCUT2D eigenvalue weighted by atomic mass is 9.98. The van der Waals surface area contributed by atoms with Crippen LogP contribution in [0.3, 0.4) is 0 Å². The highest BCUT2D eigenvalue weighted by atomic mass is 16.1. The van der Waals surface area contributed by atoms with E-state index in [1.165, 1.54) is 0 Å². The molecule has 3 nitrogen and oxygen atoms in total. The van der Waals surface area contributed by atoms with Crippen molar-refractivity contribution in [2.45, 2.75) is 20.4 Å². The Morgan fingerprint density at radius 3 is 2.85 bits per heavy atom. The molecule has 0 unspecified atom stereocenters. The van der Waals surface area contributed by atoms with E-state index in [2.05, 4.69) is 16.3 Å². The van der Waals surface area contributed by atoms with Crippen LogP contribution >= 0.6 is 0 Å². The number of hydrogen-bond acceptors (Lipinski definition) is 2. The Bertz CT molecular complexity index is 408. The van der Waals surface area contributed by atoms with Gasteiger partial charge in [0.15, 0.2) is 0 Å². The number of hydrogen-bond donors (Lipinski definition) is 0. The molecule has 66 valence electrons. The van der Waals surface area contributed by atoms with Crippen LogP contribution in [0.1, 0.15) is 27.0 Å². The average molecular weight is 174 g/mol. The minimum atomic E-state index is -0.215. The van der Waals surface area contributed by atoms with Gasteiger partial charge < -0.3 is 0 Å². The second-order valence-electron chi connectivity index (χ2n) is 3.31. The number of carbonyl (C=O) groups excluding carboxylic acids is 1. The lowest BCUT2D eigenvalue weighted by Gasteiger charge is -2.11. The topological polar surface area (TPSA) is 41.8 Å². The van der Waals surface area contributed by atoms with Crippen LogP contribution in [0.15, 0.2) is 22.4 Å². The normalized spacial score (nSPS) is 14.5. The standard InChI is InChI=1S/C10H10N2O/c1-6-3-7(2)9-5-11-12-10(13)8(9)4-6/h3-4H,5H2,1-2H3. The first kappa shape index (κ1) is 8.10. The predicted molar refractivity (Wildman–Crippen MR) is 48.8 cm³/mol. The van der Waals surface area contributed by atoms with Crippen molar-refractivity contribution in [3.05, 3.63) is 34.4 Å². The first-order chi connectivity index (χ1) is 6.18. The molecule has 1 heterocycles. The molecule has 0 bridgehead atoms. The molecule has 0 N–H and O–H groups in total. The van der Waals surface area contributed by atoms with E-state index in [0.29, 0.717) is 12.1 Å². The SMILES string of the molecule is Cc1cc(C)c2c(c1)C(=O)N=NC2. The van der Waals surface area contributed by atoms with Crippen molar-refractivity contribution in [1.29, 1.82) is 0 Å². The molecule has 0 aliphatic carbocycles. The fraction of sp³-hybridized carbons (Fsp3) is 0.300. The summed E-state index contributed by atoms with van der Waals surface area (Å²) in [6.45, 7) is 4.51. The van der Waals surface area contributed by atoms with Crippen molar-refractivity contribution < 1.29 is 4.79 Å². The molecule has 2 rings (SSSR count). The van der Waals surface area contributed by atoms with E-state index < -0.39 is 0 Å². The molecule has 0 atom stereocenters. The Kier molecular flexibility index (Phi) is 1.72. The maximum atomic E-state index is 11.3. The summed E-state index contributed by atoms with van der Waals surface area (Å²) >= 11 is 0. The van der Waals surface area contributed by atoms with E-state index in [1.54, 1.807) is 0 Å². The molecule has 0 fully saturated rings. The van der Waals surface area contributed by atoms with Crippen LogP contribution in [-0.2, 0) is 6.54 Å². The Morgan fingerprint density at radius 2 is 2.08 bits per heavy atom. The third-order valence-corrected chi connectivity index (χ3v) is 2.24. The number of azo groups is 1. The minimum Gasteiger partial charge on any atom is -0.265 e. The molecular weight excluding hydrogens is 164 g/mol. The zero-order valence-corrected chi connectivity index (χ0v) is 7.66. The number of nitrogens with zero attached hydrogens (tertiary/aromatic N) is 2. The van der Waals surface area contributed by atoms with Crippen molar-refractivity contribution >= 4 is 5.91 Å². The van der Waals surface area contributed by atoms with E-state index in [4.69, 9.17) is 0 Å². The fourth-order valence-electron chi connectivity index (χ4n) is 1.62. The molecule has 13 heavy (non-hydrogen) atoms. The Hall–Kier alpha value is -1.51. The number of fused-ring (bicyclic) bond motifs is 1. The first-order valence-electron chi connectivity index (χ1n) is 4.20. The van der Waals surface area contributed by atoms with Crippen LogP contribution in [-0.4, -0.2) is 5.91 Å². The lowest BCUT2D eigenvalue weighted by molar-refractivity contribution is 0.0987. The summed E-state index contributed by atoms with van der Waals surface area (Å²) in [7, 11) is 0. The highest BCUT2D eigenvalue weighted by Gasteiger charge is 2.16. The van der Waals surface area contributed by atoms with Gasteiger partial charge in [0.1, 0.15) is 0 Å². The van der Waals surface area contributed by atoms with Crippen LogP contribution in [0.5, 0.6) is 0 Å². The molecule has 1 aromatic carbocycles.